The minimum atomic E-state index is -0.959. The molecule has 0 saturated carbocycles. The summed E-state index contributed by atoms with van der Waals surface area (Å²) in [6, 6.07) is 6.01. The topological polar surface area (TPSA) is 83.6 Å². The molecule has 1 saturated heterocycles. The Labute approximate surface area is 122 Å². The van der Waals surface area contributed by atoms with Gasteiger partial charge in [0, 0.05) is 11.4 Å². The summed E-state index contributed by atoms with van der Waals surface area (Å²) in [5, 5.41) is 9.21. The van der Waals surface area contributed by atoms with Gasteiger partial charge in [0.25, 0.3) is 5.91 Å². The van der Waals surface area contributed by atoms with Crippen LogP contribution in [0.5, 0.6) is 0 Å². The molecular formula is C14H18N2O3S. The highest BCUT2D eigenvalue weighted by Crippen LogP contribution is 2.34. The maximum absolute atomic E-state index is 12.6. The lowest BCUT2D eigenvalue weighted by Gasteiger charge is -2.27. The number of carbonyl (C=O) groups is 2. The highest BCUT2D eigenvalue weighted by Gasteiger charge is 2.41. The highest BCUT2D eigenvalue weighted by molar-refractivity contribution is 8.00. The van der Waals surface area contributed by atoms with E-state index in [1.54, 1.807) is 24.3 Å². The number of amides is 1. The Hall–Kier alpha value is -1.69. The molecular weight excluding hydrogens is 276 g/mol. The average molecular weight is 294 g/mol. The molecule has 0 bridgehead atoms. The van der Waals surface area contributed by atoms with Crippen molar-refractivity contribution in [3.8, 4) is 0 Å². The first-order valence-electron chi connectivity index (χ1n) is 6.57. The minimum absolute atomic E-state index is 0.0896. The van der Waals surface area contributed by atoms with Crippen molar-refractivity contribution < 1.29 is 14.7 Å². The molecule has 1 aromatic carbocycles. The molecule has 2 atom stereocenters. The standard InChI is InChI=1S/C14H18N2O3S/c1-2-5-12-16(11(8-20-12)14(18)19)13(17)9-6-3-4-7-10(9)15/h3-4,6-7,11-12H,2,5,8,15H2,1H3,(H,18,19). The van der Waals surface area contributed by atoms with Crippen molar-refractivity contribution in [1.29, 1.82) is 0 Å². The molecule has 0 aromatic heterocycles. The smallest absolute Gasteiger partial charge is 0.327 e. The van der Waals surface area contributed by atoms with Gasteiger partial charge in [0.15, 0.2) is 0 Å². The van der Waals surface area contributed by atoms with E-state index in [1.807, 2.05) is 6.92 Å². The third kappa shape index (κ3) is 2.75. The van der Waals surface area contributed by atoms with Crippen LogP contribution >= 0.6 is 11.8 Å². The van der Waals surface area contributed by atoms with Crippen molar-refractivity contribution in [2.24, 2.45) is 0 Å². The molecule has 0 aliphatic carbocycles. The maximum Gasteiger partial charge on any atom is 0.327 e. The molecule has 5 nitrogen and oxygen atoms in total. The van der Waals surface area contributed by atoms with E-state index in [0.29, 0.717) is 17.0 Å². The number of carbonyl (C=O) groups excluding carboxylic acids is 1. The van der Waals surface area contributed by atoms with Gasteiger partial charge in [-0.1, -0.05) is 25.5 Å². The largest absolute Gasteiger partial charge is 0.480 e. The lowest BCUT2D eigenvalue weighted by Crippen LogP contribution is -2.45. The Kier molecular flexibility index (Phi) is 4.54. The van der Waals surface area contributed by atoms with E-state index in [1.165, 1.54) is 16.7 Å². The second-order valence-corrected chi connectivity index (χ2v) is 5.94. The fourth-order valence-electron chi connectivity index (χ4n) is 2.33. The molecule has 1 aliphatic heterocycles. The van der Waals surface area contributed by atoms with Crippen molar-refractivity contribution >= 4 is 29.3 Å². The van der Waals surface area contributed by atoms with Gasteiger partial charge in [-0.25, -0.2) is 4.79 Å². The molecule has 2 unspecified atom stereocenters. The summed E-state index contributed by atoms with van der Waals surface area (Å²) in [7, 11) is 0. The lowest BCUT2D eigenvalue weighted by molar-refractivity contribution is -0.141. The first-order valence-corrected chi connectivity index (χ1v) is 7.62. The number of anilines is 1. The zero-order valence-corrected chi connectivity index (χ0v) is 12.1. The Bertz CT molecular complexity index is 521. The zero-order valence-electron chi connectivity index (χ0n) is 11.3. The quantitative estimate of drug-likeness (QED) is 0.830. The molecule has 20 heavy (non-hydrogen) atoms. The fourth-order valence-corrected chi connectivity index (χ4v) is 3.84. The number of carboxylic acid groups (broad SMARTS) is 1. The van der Waals surface area contributed by atoms with Gasteiger partial charge < -0.3 is 15.7 Å². The van der Waals surface area contributed by atoms with Gasteiger partial charge in [0.05, 0.1) is 10.9 Å². The van der Waals surface area contributed by atoms with Crippen LogP contribution in [0.4, 0.5) is 5.69 Å². The molecule has 1 heterocycles. The van der Waals surface area contributed by atoms with Crippen molar-refractivity contribution in [3.05, 3.63) is 29.8 Å². The normalized spacial score (nSPS) is 21.9. The number of para-hydroxylation sites is 1. The van der Waals surface area contributed by atoms with Gasteiger partial charge in [-0.3, -0.25) is 4.79 Å². The van der Waals surface area contributed by atoms with Crippen molar-refractivity contribution in [3.63, 3.8) is 0 Å². The van der Waals surface area contributed by atoms with Crippen molar-refractivity contribution in [1.82, 2.24) is 4.90 Å². The van der Waals surface area contributed by atoms with Crippen LogP contribution in [-0.4, -0.2) is 39.1 Å². The first-order chi connectivity index (χ1) is 9.56. The average Bonchev–Trinajstić information content (AvgIpc) is 2.83. The van der Waals surface area contributed by atoms with Gasteiger partial charge in [0.2, 0.25) is 0 Å². The van der Waals surface area contributed by atoms with E-state index in [-0.39, 0.29) is 11.3 Å². The van der Waals surface area contributed by atoms with Gasteiger partial charge in [-0.15, -0.1) is 11.8 Å². The van der Waals surface area contributed by atoms with E-state index in [4.69, 9.17) is 5.73 Å². The van der Waals surface area contributed by atoms with Gasteiger partial charge in [-0.05, 0) is 18.6 Å². The number of carboxylic acids is 1. The number of rotatable bonds is 4. The van der Waals surface area contributed by atoms with Crippen LogP contribution in [0.25, 0.3) is 0 Å². The number of hydrogen-bond donors (Lipinski definition) is 2. The molecule has 108 valence electrons. The van der Waals surface area contributed by atoms with Gasteiger partial charge in [0.1, 0.15) is 6.04 Å². The van der Waals surface area contributed by atoms with Crippen LogP contribution in [0.3, 0.4) is 0 Å². The molecule has 1 aliphatic rings. The van der Waals surface area contributed by atoms with E-state index >= 15 is 0 Å². The number of aliphatic carboxylic acids is 1. The number of thioether (sulfide) groups is 1. The van der Waals surface area contributed by atoms with Crippen LogP contribution in [0.15, 0.2) is 24.3 Å². The van der Waals surface area contributed by atoms with Crippen LogP contribution < -0.4 is 5.73 Å². The number of nitrogens with zero attached hydrogens (tertiary/aromatic N) is 1. The molecule has 3 N–H and O–H groups in total. The third-order valence-corrected chi connectivity index (χ3v) is 4.69. The Balaban J connectivity index is 2.32. The molecule has 1 aromatic rings. The second-order valence-electron chi connectivity index (χ2n) is 4.73. The van der Waals surface area contributed by atoms with Gasteiger partial charge >= 0.3 is 5.97 Å². The minimum Gasteiger partial charge on any atom is -0.480 e. The van der Waals surface area contributed by atoms with Crippen molar-refractivity contribution in [2.45, 2.75) is 31.2 Å². The maximum atomic E-state index is 12.6. The number of benzene rings is 1. The van der Waals surface area contributed by atoms with Crippen LogP contribution in [0.1, 0.15) is 30.1 Å². The van der Waals surface area contributed by atoms with E-state index in [0.717, 1.165) is 12.8 Å². The summed E-state index contributed by atoms with van der Waals surface area (Å²) in [5.74, 6) is -0.823. The Morgan fingerprint density at radius 3 is 2.75 bits per heavy atom. The summed E-state index contributed by atoms with van der Waals surface area (Å²) in [6.07, 6.45) is 1.69. The van der Waals surface area contributed by atoms with Gasteiger partial charge in [-0.2, -0.15) is 0 Å². The Morgan fingerprint density at radius 1 is 1.45 bits per heavy atom. The summed E-state index contributed by atoms with van der Waals surface area (Å²) in [5.41, 5.74) is 6.59. The molecule has 6 heteroatoms. The molecule has 0 radical (unpaired) electrons. The van der Waals surface area contributed by atoms with Crippen molar-refractivity contribution in [2.75, 3.05) is 11.5 Å². The predicted octanol–water partition coefficient (Wildman–Crippen LogP) is 2.04. The fraction of sp³-hybridized carbons (Fsp3) is 0.429. The molecule has 1 fully saturated rings. The van der Waals surface area contributed by atoms with E-state index < -0.39 is 12.0 Å². The number of hydrogen-bond acceptors (Lipinski definition) is 4. The SMILES string of the molecule is CCCC1SCC(C(=O)O)N1C(=O)c1ccccc1N. The number of nitrogen functional groups attached to an aromatic ring is 1. The monoisotopic (exact) mass is 294 g/mol. The molecule has 1 amide bonds. The summed E-state index contributed by atoms with van der Waals surface area (Å²) in [6.45, 7) is 2.02. The summed E-state index contributed by atoms with van der Waals surface area (Å²) >= 11 is 1.52. The van der Waals surface area contributed by atoms with E-state index in [2.05, 4.69) is 0 Å². The van der Waals surface area contributed by atoms with E-state index in [9.17, 15) is 14.7 Å². The summed E-state index contributed by atoms with van der Waals surface area (Å²) in [4.78, 5) is 25.5. The van der Waals surface area contributed by atoms with Crippen LogP contribution in [0, 0.1) is 0 Å². The second kappa shape index (κ2) is 6.17. The van der Waals surface area contributed by atoms with Crippen LogP contribution in [-0.2, 0) is 4.79 Å². The highest BCUT2D eigenvalue weighted by atomic mass is 32.2. The third-order valence-electron chi connectivity index (χ3n) is 3.34. The first kappa shape index (κ1) is 14.7. The lowest BCUT2D eigenvalue weighted by atomic mass is 10.1. The summed E-state index contributed by atoms with van der Waals surface area (Å²) < 4.78 is 0. The zero-order chi connectivity index (χ0) is 14.7. The van der Waals surface area contributed by atoms with Crippen LogP contribution in [0.2, 0.25) is 0 Å². The predicted molar refractivity (Wildman–Crippen MR) is 79.6 cm³/mol. The number of nitrogens with two attached hydrogens (primary N) is 1. The molecule has 0 spiro atoms. The Morgan fingerprint density at radius 2 is 2.15 bits per heavy atom. The molecule has 2 rings (SSSR count).